The minimum atomic E-state index is -1.16. The molecule has 13 heavy (non-hydrogen) atoms. The van der Waals surface area contributed by atoms with Crippen LogP contribution in [-0.2, 0) is 9.59 Å². The van der Waals surface area contributed by atoms with E-state index in [1.807, 2.05) is 13.8 Å². The molecule has 0 aromatic rings. The lowest BCUT2D eigenvalue weighted by Gasteiger charge is -2.12. The van der Waals surface area contributed by atoms with E-state index >= 15 is 0 Å². The SMILES string of the molecule is CC(C)[C@H]([NH3+])C(=O)NCCC(=O)[O-]. The van der Waals surface area contributed by atoms with Gasteiger partial charge in [-0.15, -0.1) is 0 Å². The van der Waals surface area contributed by atoms with Gasteiger partial charge in [0.05, 0.1) is 0 Å². The summed E-state index contributed by atoms with van der Waals surface area (Å²) < 4.78 is 0. The lowest BCUT2D eigenvalue weighted by atomic mass is 10.1. The van der Waals surface area contributed by atoms with Gasteiger partial charge in [0, 0.05) is 24.9 Å². The van der Waals surface area contributed by atoms with E-state index in [2.05, 4.69) is 11.1 Å². The first-order valence-electron chi connectivity index (χ1n) is 4.25. The van der Waals surface area contributed by atoms with Crippen LogP contribution in [0.15, 0.2) is 0 Å². The van der Waals surface area contributed by atoms with E-state index in [-0.39, 0.29) is 30.8 Å². The average molecular weight is 188 g/mol. The first-order valence-corrected chi connectivity index (χ1v) is 4.25. The maximum Gasteiger partial charge on any atom is 0.278 e. The molecule has 0 saturated carbocycles. The summed E-state index contributed by atoms with van der Waals surface area (Å²) in [6.07, 6.45) is -0.156. The Morgan fingerprint density at radius 2 is 2.00 bits per heavy atom. The molecule has 0 radical (unpaired) electrons. The molecule has 1 atom stereocenters. The van der Waals surface area contributed by atoms with Crippen LogP contribution in [0.3, 0.4) is 0 Å². The summed E-state index contributed by atoms with van der Waals surface area (Å²) >= 11 is 0. The minimum Gasteiger partial charge on any atom is -0.550 e. The molecule has 0 heterocycles. The van der Waals surface area contributed by atoms with Crippen LogP contribution < -0.4 is 16.2 Å². The van der Waals surface area contributed by atoms with Crippen molar-refractivity contribution >= 4 is 11.9 Å². The Morgan fingerprint density at radius 3 is 2.38 bits per heavy atom. The van der Waals surface area contributed by atoms with E-state index in [4.69, 9.17) is 0 Å². The van der Waals surface area contributed by atoms with Crippen LogP contribution in [0, 0.1) is 5.92 Å². The van der Waals surface area contributed by atoms with Gasteiger partial charge in [-0.1, -0.05) is 13.8 Å². The van der Waals surface area contributed by atoms with Crippen molar-refractivity contribution in [3.05, 3.63) is 0 Å². The van der Waals surface area contributed by atoms with Gasteiger partial charge in [0.15, 0.2) is 6.04 Å². The van der Waals surface area contributed by atoms with Crippen molar-refractivity contribution in [3.8, 4) is 0 Å². The third-order valence-electron chi connectivity index (χ3n) is 1.77. The quantitative estimate of drug-likeness (QED) is 0.499. The molecular formula is C8H16N2O3. The van der Waals surface area contributed by atoms with E-state index < -0.39 is 5.97 Å². The standard InChI is InChI=1S/C8H16N2O3/c1-5(2)7(9)8(13)10-4-3-6(11)12/h5,7H,3-4,9H2,1-2H3,(H,10,13)(H,11,12)/t7-/m0/s1. The maximum absolute atomic E-state index is 11.2. The van der Waals surface area contributed by atoms with Crippen molar-refractivity contribution < 1.29 is 20.4 Å². The molecule has 0 aromatic heterocycles. The molecule has 0 fully saturated rings. The van der Waals surface area contributed by atoms with E-state index in [0.717, 1.165) is 0 Å². The van der Waals surface area contributed by atoms with Crippen molar-refractivity contribution in [1.29, 1.82) is 0 Å². The summed E-state index contributed by atoms with van der Waals surface area (Å²) in [7, 11) is 0. The Bertz CT molecular complexity index is 192. The highest BCUT2D eigenvalue weighted by molar-refractivity contribution is 5.80. The maximum atomic E-state index is 11.2. The zero-order chi connectivity index (χ0) is 10.4. The summed E-state index contributed by atoms with van der Waals surface area (Å²) in [5.74, 6) is -1.22. The Kier molecular flexibility index (Phi) is 5.06. The lowest BCUT2D eigenvalue weighted by Crippen LogP contribution is -2.69. The Hall–Kier alpha value is -1.10. The predicted octanol–water partition coefficient (Wildman–Crippen LogP) is -2.49. The smallest absolute Gasteiger partial charge is 0.278 e. The highest BCUT2D eigenvalue weighted by Crippen LogP contribution is 1.95. The van der Waals surface area contributed by atoms with Gasteiger partial charge >= 0.3 is 0 Å². The van der Waals surface area contributed by atoms with Crippen molar-refractivity contribution in [2.24, 2.45) is 5.92 Å². The first-order chi connectivity index (χ1) is 5.95. The third-order valence-corrected chi connectivity index (χ3v) is 1.77. The van der Waals surface area contributed by atoms with Crippen LogP contribution in [0.2, 0.25) is 0 Å². The van der Waals surface area contributed by atoms with Crippen LogP contribution in [0.5, 0.6) is 0 Å². The van der Waals surface area contributed by atoms with E-state index in [1.54, 1.807) is 0 Å². The number of carbonyl (C=O) groups excluding carboxylic acids is 2. The molecule has 0 saturated heterocycles. The zero-order valence-electron chi connectivity index (χ0n) is 8.00. The molecule has 76 valence electrons. The summed E-state index contributed by atoms with van der Waals surface area (Å²) in [6.45, 7) is 3.88. The fourth-order valence-electron chi connectivity index (χ4n) is 0.722. The molecule has 0 rings (SSSR count). The molecule has 0 spiro atoms. The normalized spacial score (nSPS) is 12.6. The van der Waals surface area contributed by atoms with Gasteiger partial charge in [0.1, 0.15) is 0 Å². The second kappa shape index (κ2) is 5.53. The van der Waals surface area contributed by atoms with Gasteiger partial charge in [-0.3, -0.25) is 4.79 Å². The van der Waals surface area contributed by atoms with Gasteiger partial charge in [-0.25, -0.2) is 0 Å². The number of rotatable bonds is 5. The molecule has 5 heteroatoms. The molecule has 0 unspecified atom stereocenters. The summed E-state index contributed by atoms with van der Waals surface area (Å²) in [5.41, 5.74) is 3.66. The summed E-state index contributed by atoms with van der Waals surface area (Å²) in [5, 5.41) is 12.5. The molecule has 0 aliphatic carbocycles. The highest BCUT2D eigenvalue weighted by Gasteiger charge is 2.19. The topological polar surface area (TPSA) is 96.9 Å². The van der Waals surface area contributed by atoms with Crippen LogP contribution in [-0.4, -0.2) is 24.5 Å². The molecule has 0 aromatic carbocycles. The van der Waals surface area contributed by atoms with Gasteiger partial charge in [0.2, 0.25) is 0 Å². The number of hydrogen-bond donors (Lipinski definition) is 2. The Morgan fingerprint density at radius 1 is 1.46 bits per heavy atom. The number of aliphatic carboxylic acids is 1. The van der Waals surface area contributed by atoms with Crippen LogP contribution in [0.1, 0.15) is 20.3 Å². The molecule has 0 aliphatic rings. The summed E-state index contributed by atoms with van der Waals surface area (Å²) in [4.78, 5) is 21.2. The second-order valence-electron chi connectivity index (χ2n) is 3.26. The largest absolute Gasteiger partial charge is 0.550 e. The van der Waals surface area contributed by atoms with Crippen molar-refractivity contribution in [3.63, 3.8) is 0 Å². The fraction of sp³-hybridized carbons (Fsp3) is 0.750. The number of carboxylic acids is 1. The molecule has 0 bridgehead atoms. The van der Waals surface area contributed by atoms with Crippen LogP contribution >= 0.6 is 0 Å². The van der Waals surface area contributed by atoms with Gasteiger partial charge in [-0.2, -0.15) is 0 Å². The lowest BCUT2D eigenvalue weighted by molar-refractivity contribution is -0.414. The predicted molar refractivity (Wildman–Crippen MR) is 44.1 cm³/mol. The van der Waals surface area contributed by atoms with Crippen LogP contribution in [0.4, 0.5) is 0 Å². The number of amides is 1. The van der Waals surface area contributed by atoms with Crippen molar-refractivity contribution in [2.75, 3.05) is 6.54 Å². The first kappa shape index (κ1) is 11.9. The highest BCUT2D eigenvalue weighted by atomic mass is 16.4. The zero-order valence-corrected chi connectivity index (χ0v) is 8.00. The van der Waals surface area contributed by atoms with Gasteiger partial charge < -0.3 is 21.0 Å². The van der Waals surface area contributed by atoms with Crippen LogP contribution in [0.25, 0.3) is 0 Å². The van der Waals surface area contributed by atoms with Gasteiger partial charge in [-0.05, 0) is 0 Å². The Balaban J connectivity index is 3.68. The third kappa shape index (κ3) is 5.19. The monoisotopic (exact) mass is 188 g/mol. The average Bonchev–Trinajstić information content (AvgIpc) is 2.02. The number of quaternary nitrogens is 1. The van der Waals surface area contributed by atoms with E-state index in [0.29, 0.717) is 0 Å². The molecular weight excluding hydrogens is 172 g/mol. The minimum absolute atomic E-state index is 0.111. The molecule has 5 nitrogen and oxygen atoms in total. The Labute approximate surface area is 77.3 Å². The second-order valence-corrected chi connectivity index (χ2v) is 3.26. The molecule has 4 N–H and O–H groups in total. The number of nitrogens with one attached hydrogen (secondary N) is 1. The van der Waals surface area contributed by atoms with Gasteiger partial charge in [0.25, 0.3) is 5.91 Å². The van der Waals surface area contributed by atoms with E-state index in [1.165, 1.54) is 0 Å². The summed E-state index contributed by atoms with van der Waals surface area (Å²) in [6, 6.07) is -0.332. The molecule has 1 amide bonds. The number of hydrogen-bond acceptors (Lipinski definition) is 3. The fourth-order valence-corrected chi connectivity index (χ4v) is 0.722. The number of carbonyl (C=O) groups is 2. The molecule has 0 aliphatic heterocycles. The van der Waals surface area contributed by atoms with E-state index in [9.17, 15) is 14.7 Å². The van der Waals surface area contributed by atoms with Crippen molar-refractivity contribution in [1.82, 2.24) is 5.32 Å². The number of carboxylic acid groups (broad SMARTS) is 1. The van der Waals surface area contributed by atoms with Crippen molar-refractivity contribution in [2.45, 2.75) is 26.3 Å².